The van der Waals surface area contributed by atoms with Crippen LogP contribution >= 0.6 is 0 Å². The summed E-state index contributed by atoms with van der Waals surface area (Å²) >= 11 is 0. The number of carboxylic acids is 1. The molecule has 0 fully saturated rings. The second-order valence-electron chi connectivity index (χ2n) is 3.41. The quantitative estimate of drug-likeness (QED) is 0.676. The van der Waals surface area contributed by atoms with Crippen LogP contribution in [0.1, 0.15) is 13.3 Å². The molecule has 0 spiro atoms. The summed E-state index contributed by atoms with van der Waals surface area (Å²) in [6.07, 6.45) is 0.427. The maximum Gasteiger partial charge on any atom is 0.304 e. The van der Waals surface area contributed by atoms with E-state index in [-0.39, 0.29) is 0 Å². The third kappa shape index (κ3) is 6.45. The van der Waals surface area contributed by atoms with Gasteiger partial charge in [0.25, 0.3) is 0 Å². The van der Waals surface area contributed by atoms with E-state index in [0.29, 0.717) is 0 Å². The lowest BCUT2D eigenvalue weighted by Crippen LogP contribution is -2.27. The van der Waals surface area contributed by atoms with E-state index in [9.17, 15) is 21.6 Å². The molecule has 1 unspecified atom stereocenters. The highest BCUT2D eigenvalue weighted by molar-refractivity contribution is 7.95. The Morgan fingerprint density at radius 1 is 1.20 bits per heavy atom. The van der Waals surface area contributed by atoms with Crippen molar-refractivity contribution in [3.05, 3.63) is 0 Å². The minimum absolute atomic E-state index is 0.473. The molecule has 0 aliphatic heterocycles. The SMILES string of the molecule is CC(CC(=O)O)S(=O)(=O)CCS(C)(=O)=O. The fraction of sp³-hybridized carbons (Fsp3) is 0.857. The summed E-state index contributed by atoms with van der Waals surface area (Å²) in [5.41, 5.74) is 0. The van der Waals surface area contributed by atoms with Crippen LogP contribution in [-0.2, 0) is 24.5 Å². The molecule has 0 aromatic carbocycles. The third-order valence-corrected chi connectivity index (χ3v) is 5.18. The van der Waals surface area contributed by atoms with Crippen molar-refractivity contribution in [2.45, 2.75) is 18.6 Å². The van der Waals surface area contributed by atoms with Crippen LogP contribution < -0.4 is 0 Å². The van der Waals surface area contributed by atoms with Crippen LogP contribution in [0.2, 0.25) is 0 Å². The first kappa shape index (κ1) is 14.4. The van der Waals surface area contributed by atoms with Gasteiger partial charge in [-0.15, -0.1) is 0 Å². The summed E-state index contributed by atoms with van der Waals surface area (Å²) in [4.78, 5) is 10.3. The van der Waals surface area contributed by atoms with Gasteiger partial charge in [0, 0.05) is 6.26 Å². The Hall–Kier alpha value is -0.630. The van der Waals surface area contributed by atoms with Crippen molar-refractivity contribution in [1.29, 1.82) is 0 Å². The van der Waals surface area contributed by atoms with Crippen molar-refractivity contribution in [2.75, 3.05) is 17.8 Å². The Kier molecular flexibility index (Phi) is 4.72. The molecule has 0 saturated carbocycles. The number of hydrogen-bond acceptors (Lipinski definition) is 5. The van der Waals surface area contributed by atoms with E-state index in [2.05, 4.69) is 0 Å². The van der Waals surface area contributed by atoms with E-state index in [4.69, 9.17) is 5.11 Å². The first-order valence-corrected chi connectivity index (χ1v) is 7.93. The number of aliphatic carboxylic acids is 1. The van der Waals surface area contributed by atoms with Crippen molar-refractivity contribution >= 4 is 25.6 Å². The van der Waals surface area contributed by atoms with Gasteiger partial charge in [0.2, 0.25) is 0 Å². The molecule has 0 aromatic rings. The molecular weight excluding hydrogens is 244 g/mol. The number of carbonyl (C=O) groups is 1. The summed E-state index contributed by atoms with van der Waals surface area (Å²) in [5.74, 6) is -2.22. The fourth-order valence-corrected chi connectivity index (χ4v) is 3.78. The lowest BCUT2D eigenvalue weighted by atomic mass is 10.3. The molecule has 90 valence electrons. The van der Waals surface area contributed by atoms with Crippen LogP contribution in [0, 0.1) is 0 Å². The van der Waals surface area contributed by atoms with Crippen molar-refractivity contribution in [3.63, 3.8) is 0 Å². The number of sulfone groups is 2. The smallest absolute Gasteiger partial charge is 0.304 e. The molecule has 0 aromatic heterocycles. The van der Waals surface area contributed by atoms with E-state index in [1.165, 1.54) is 6.92 Å². The van der Waals surface area contributed by atoms with Gasteiger partial charge in [-0.3, -0.25) is 4.79 Å². The molecule has 0 aliphatic carbocycles. The lowest BCUT2D eigenvalue weighted by molar-refractivity contribution is -0.136. The monoisotopic (exact) mass is 258 g/mol. The molecule has 0 rings (SSSR count). The molecule has 0 bridgehead atoms. The topological polar surface area (TPSA) is 106 Å². The van der Waals surface area contributed by atoms with Gasteiger partial charge in [-0.25, -0.2) is 16.8 Å². The van der Waals surface area contributed by atoms with Gasteiger partial charge < -0.3 is 5.11 Å². The van der Waals surface area contributed by atoms with Gasteiger partial charge in [-0.2, -0.15) is 0 Å². The van der Waals surface area contributed by atoms with Crippen LogP contribution in [0.4, 0.5) is 0 Å². The second kappa shape index (κ2) is 4.93. The Morgan fingerprint density at radius 2 is 1.67 bits per heavy atom. The molecular formula is C7H14O6S2. The zero-order chi connectivity index (χ0) is 12.3. The highest BCUT2D eigenvalue weighted by Crippen LogP contribution is 2.07. The van der Waals surface area contributed by atoms with Gasteiger partial charge in [0.05, 0.1) is 23.2 Å². The Bertz CT molecular complexity index is 418. The molecule has 6 nitrogen and oxygen atoms in total. The summed E-state index contributed by atoms with van der Waals surface area (Å²) < 4.78 is 44.3. The zero-order valence-corrected chi connectivity index (χ0v) is 10.1. The Morgan fingerprint density at radius 3 is 2.00 bits per heavy atom. The fourth-order valence-electron chi connectivity index (χ4n) is 0.842. The maximum atomic E-state index is 11.4. The molecule has 0 aliphatic rings. The van der Waals surface area contributed by atoms with Crippen LogP contribution in [-0.4, -0.2) is 50.9 Å². The van der Waals surface area contributed by atoms with E-state index in [1.807, 2.05) is 0 Å². The van der Waals surface area contributed by atoms with Gasteiger partial charge in [-0.1, -0.05) is 0 Å². The molecule has 1 N–H and O–H groups in total. The Balaban J connectivity index is 4.50. The zero-order valence-electron chi connectivity index (χ0n) is 8.50. The highest BCUT2D eigenvalue weighted by Gasteiger charge is 2.24. The molecule has 15 heavy (non-hydrogen) atoms. The number of rotatable bonds is 6. The largest absolute Gasteiger partial charge is 0.481 e. The average Bonchev–Trinajstić information content (AvgIpc) is 1.98. The average molecular weight is 258 g/mol. The standard InChI is InChI=1S/C7H14O6S2/c1-6(5-7(8)9)15(12,13)4-3-14(2,10)11/h6H,3-5H2,1-2H3,(H,8,9). The van der Waals surface area contributed by atoms with Crippen LogP contribution in [0.15, 0.2) is 0 Å². The van der Waals surface area contributed by atoms with Crippen molar-refractivity contribution < 1.29 is 26.7 Å². The maximum absolute atomic E-state index is 11.4. The molecule has 0 saturated heterocycles. The first-order valence-electron chi connectivity index (χ1n) is 4.15. The van der Waals surface area contributed by atoms with Gasteiger partial charge >= 0.3 is 5.97 Å². The van der Waals surface area contributed by atoms with E-state index >= 15 is 0 Å². The predicted octanol–water partition coefficient (Wildman–Crippen LogP) is -0.691. The van der Waals surface area contributed by atoms with Crippen molar-refractivity contribution in [1.82, 2.24) is 0 Å². The summed E-state index contributed by atoms with van der Waals surface area (Å²) in [6, 6.07) is 0. The lowest BCUT2D eigenvalue weighted by Gasteiger charge is -2.09. The molecule has 0 heterocycles. The summed E-state index contributed by atoms with van der Waals surface area (Å²) in [6.45, 7) is 1.26. The van der Waals surface area contributed by atoms with Crippen molar-refractivity contribution in [2.24, 2.45) is 0 Å². The minimum Gasteiger partial charge on any atom is -0.481 e. The Labute approximate surface area is 89.1 Å². The third-order valence-electron chi connectivity index (χ3n) is 1.81. The second-order valence-corrected chi connectivity index (χ2v) is 8.20. The van der Waals surface area contributed by atoms with E-state index in [1.54, 1.807) is 0 Å². The van der Waals surface area contributed by atoms with E-state index < -0.39 is 48.8 Å². The molecule has 8 heteroatoms. The minimum atomic E-state index is -3.65. The first-order chi connectivity index (χ1) is 6.54. The van der Waals surface area contributed by atoms with Crippen molar-refractivity contribution in [3.8, 4) is 0 Å². The summed E-state index contributed by atoms with van der Waals surface area (Å²) in [5, 5.41) is 7.33. The van der Waals surface area contributed by atoms with Gasteiger partial charge in [0.15, 0.2) is 9.84 Å². The van der Waals surface area contributed by atoms with Gasteiger partial charge in [0.1, 0.15) is 9.84 Å². The van der Waals surface area contributed by atoms with Crippen LogP contribution in [0.3, 0.4) is 0 Å². The van der Waals surface area contributed by atoms with Gasteiger partial charge in [-0.05, 0) is 6.92 Å². The highest BCUT2D eigenvalue weighted by atomic mass is 32.2. The molecule has 0 amide bonds. The normalized spacial score (nSPS) is 14.8. The van der Waals surface area contributed by atoms with Crippen LogP contribution in [0.25, 0.3) is 0 Å². The summed E-state index contributed by atoms with van der Waals surface area (Å²) in [7, 11) is -6.99. The van der Waals surface area contributed by atoms with E-state index in [0.717, 1.165) is 6.26 Å². The molecule has 1 atom stereocenters. The number of carboxylic acid groups (broad SMARTS) is 1. The molecule has 0 radical (unpaired) electrons. The van der Waals surface area contributed by atoms with Crippen LogP contribution in [0.5, 0.6) is 0 Å². The number of hydrogen-bond donors (Lipinski definition) is 1. The predicted molar refractivity (Wildman–Crippen MR) is 55.2 cm³/mol.